The fourth-order valence-electron chi connectivity index (χ4n) is 3.65. The normalized spacial score (nSPS) is 16.0. The molecule has 31 heavy (non-hydrogen) atoms. The lowest BCUT2D eigenvalue weighted by Gasteiger charge is -2.39. The second-order valence-corrected chi connectivity index (χ2v) is 7.42. The predicted molar refractivity (Wildman–Crippen MR) is 115 cm³/mol. The molecule has 0 aliphatic carbocycles. The number of hydrogen-bond donors (Lipinski definition) is 0. The van der Waals surface area contributed by atoms with Crippen molar-refractivity contribution >= 4 is 17.8 Å². The molecule has 1 fully saturated rings. The largest absolute Gasteiger partial charge is 0.458 e. The number of nitrogens with zero attached hydrogens (tertiary/aromatic N) is 4. The van der Waals surface area contributed by atoms with E-state index < -0.39 is 5.97 Å². The Morgan fingerprint density at radius 2 is 1.90 bits per heavy atom. The number of ether oxygens (including phenoxy) is 1. The van der Waals surface area contributed by atoms with Crippen LogP contribution in [-0.4, -0.2) is 69.8 Å². The van der Waals surface area contributed by atoms with Crippen LogP contribution in [0.15, 0.2) is 43.0 Å². The standard InChI is InChI=1S/C23H26N4O4/c1-5-13-31-23(30)19-16(3)24-21(18-9-7-6-8-10-18)25-20(19)22(29)26-11-12-27(17(4)28)15(2)14-26/h5-10,15H,1,11-14H2,2-4H3/t15-/m0/s1. The van der Waals surface area contributed by atoms with Crippen molar-refractivity contribution < 1.29 is 19.1 Å². The van der Waals surface area contributed by atoms with Gasteiger partial charge in [0, 0.05) is 38.2 Å². The van der Waals surface area contributed by atoms with Crippen LogP contribution in [0.2, 0.25) is 0 Å². The summed E-state index contributed by atoms with van der Waals surface area (Å²) in [4.78, 5) is 50.2. The first-order chi connectivity index (χ1) is 14.8. The van der Waals surface area contributed by atoms with Crippen molar-refractivity contribution in [1.82, 2.24) is 19.8 Å². The Bertz CT molecular complexity index is 1010. The number of carbonyl (C=O) groups excluding carboxylic acids is 3. The Hall–Kier alpha value is -3.55. The molecule has 8 nitrogen and oxygen atoms in total. The van der Waals surface area contributed by atoms with E-state index >= 15 is 0 Å². The lowest BCUT2D eigenvalue weighted by atomic mass is 10.1. The summed E-state index contributed by atoms with van der Waals surface area (Å²) in [5, 5.41) is 0. The molecule has 3 rings (SSSR count). The molecule has 1 atom stereocenters. The summed E-state index contributed by atoms with van der Waals surface area (Å²) < 4.78 is 5.19. The molecule has 1 aliphatic rings. The maximum absolute atomic E-state index is 13.5. The third-order valence-electron chi connectivity index (χ3n) is 5.18. The first kappa shape index (κ1) is 22.1. The van der Waals surface area contributed by atoms with Gasteiger partial charge in [-0.2, -0.15) is 0 Å². The molecule has 0 bridgehead atoms. The number of carbonyl (C=O) groups is 3. The van der Waals surface area contributed by atoms with Gasteiger partial charge in [-0.3, -0.25) is 9.59 Å². The predicted octanol–water partition coefficient (Wildman–Crippen LogP) is 2.49. The Balaban J connectivity index is 2.02. The van der Waals surface area contributed by atoms with Gasteiger partial charge in [0.2, 0.25) is 5.91 Å². The summed E-state index contributed by atoms with van der Waals surface area (Å²) in [6, 6.07) is 9.12. The monoisotopic (exact) mass is 422 g/mol. The fraction of sp³-hybridized carbons (Fsp3) is 0.348. The first-order valence-electron chi connectivity index (χ1n) is 10.1. The van der Waals surface area contributed by atoms with Crippen molar-refractivity contribution in [2.75, 3.05) is 26.2 Å². The highest BCUT2D eigenvalue weighted by molar-refractivity contribution is 6.05. The van der Waals surface area contributed by atoms with E-state index in [1.165, 1.54) is 13.0 Å². The maximum atomic E-state index is 13.5. The van der Waals surface area contributed by atoms with Gasteiger partial charge in [0.25, 0.3) is 5.91 Å². The van der Waals surface area contributed by atoms with Crippen LogP contribution in [-0.2, 0) is 9.53 Å². The van der Waals surface area contributed by atoms with Gasteiger partial charge in [-0.1, -0.05) is 43.0 Å². The third-order valence-corrected chi connectivity index (χ3v) is 5.18. The molecule has 162 valence electrons. The molecule has 1 aromatic carbocycles. The van der Waals surface area contributed by atoms with Crippen molar-refractivity contribution in [2.24, 2.45) is 0 Å². The van der Waals surface area contributed by atoms with Gasteiger partial charge in [-0.15, -0.1) is 0 Å². The van der Waals surface area contributed by atoms with Crippen LogP contribution in [0.1, 0.15) is 40.4 Å². The molecule has 2 heterocycles. The highest BCUT2D eigenvalue weighted by atomic mass is 16.5. The summed E-state index contributed by atoms with van der Waals surface area (Å²) in [6.45, 7) is 9.76. The van der Waals surface area contributed by atoms with Crippen molar-refractivity contribution in [3.8, 4) is 11.4 Å². The van der Waals surface area contributed by atoms with Crippen molar-refractivity contribution in [1.29, 1.82) is 0 Å². The molecular formula is C23H26N4O4. The van der Waals surface area contributed by atoms with Crippen LogP contribution < -0.4 is 0 Å². The maximum Gasteiger partial charge on any atom is 0.342 e. The van der Waals surface area contributed by atoms with E-state index in [1.807, 2.05) is 37.3 Å². The van der Waals surface area contributed by atoms with Crippen molar-refractivity contribution in [3.05, 3.63) is 59.9 Å². The van der Waals surface area contributed by atoms with Crippen LogP contribution in [0, 0.1) is 6.92 Å². The number of aromatic nitrogens is 2. The molecule has 1 aliphatic heterocycles. The zero-order chi connectivity index (χ0) is 22.5. The van der Waals surface area contributed by atoms with Gasteiger partial charge >= 0.3 is 5.97 Å². The van der Waals surface area contributed by atoms with E-state index in [0.29, 0.717) is 31.2 Å². The number of piperazine rings is 1. The zero-order valence-electron chi connectivity index (χ0n) is 18.0. The van der Waals surface area contributed by atoms with Gasteiger partial charge in [-0.25, -0.2) is 14.8 Å². The van der Waals surface area contributed by atoms with E-state index in [1.54, 1.807) is 16.7 Å². The molecule has 0 unspecified atom stereocenters. The molecule has 1 aromatic heterocycles. The number of amides is 2. The molecule has 1 saturated heterocycles. The van der Waals surface area contributed by atoms with E-state index in [9.17, 15) is 14.4 Å². The van der Waals surface area contributed by atoms with E-state index in [-0.39, 0.29) is 35.7 Å². The number of rotatable bonds is 5. The van der Waals surface area contributed by atoms with E-state index in [0.717, 1.165) is 5.56 Å². The molecule has 2 amide bonds. The Kier molecular flexibility index (Phi) is 6.79. The highest BCUT2D eigenvalue weighted by Crippen LogP contribution is 2.22. The van der Waals surface area contributed by atoms with Gasteiger partial charge in [0.15, 0.2) is 5.82 Å². The van der Waals surface area contributed by atoms with Crippen LogP contribution in [0.5, 0.6) is 0 Å². The SMILES string of the molecule is C=CCOC(=O)c1c(C)nc(-c2ccccc2)nc1C(=O)N1CCN(C(C)=O)[C@@H](C)C1. The summed E-state index contributed by atoms with van der Waals surface area (Å²) in [5.41, 5.74) is 1.15. The average molecular weight is 422 g/mol. The Labute approximate surface area is 181 Å². The quantitative estimate of drug-likeness (QED) is 0.543. The average Bonchev–Trinajstić information content (AvgIpc) is 2.76. The van der Waals surface area contributed by atoms with Crippen LogP contribution in [0.3, 0.4) is 0 Å². The number of hydrogen-bond acceptors (Lipinski definition) is 6. The summed E-state index contributed by atoms with van der Waals surface area (Å²) >= 11 is 0. The summed E-state index contributed by atoms with van der Waals surface area (Å²) in [7, 11) is 0. The number of esters is 1. The van der Waals surface area contributed by atoms with Gasteiger partial charge in [-0.05, 0) is 13.8 Å². The molecule has 2 aromatic rings. The zero-order valence-corrected chi connectivity index (χ0v) is 18.0. The number of aryl methyl sites for hydroxylation is 1. The minimum atomic E-state index is -0.671. The lowest BCUT2D eigenvalue weighted by molar-refractivity contribution is -0.132. The van der Waals surface area contributed by atoms with E-state index in [4.69, 9.17) is 4.74 Å². The smallest absolute Gasteiger partial charge is 0.342 e. The number of benzene rings is 1. The van der Waals surface area contributed by atoms with Crippen molar-refractivity contribution in [2.45, 2.75) is 26.8 Å². The molecule has 0 spiro atoms. The van der Waals surface area contributed by atoms with Crippen LogP contribution in [0.25, 0.3) is 11.4 Å². The first-order valence-corrected chi connectivity index (χ1v) is 10.1. The van der Waals surface area contributed by atoms with Gasteiger partial charge in [0.1, 0.15) is 17.9 Å². The van der Waals surface area contributed by atoms with Crippen LogP contribution in [0.4, 0.5) is 0 Å². The molecule has 0 N–H and O–H groups in total. The van der Waals surface area contributed by atoms with Gasteiger partial charge < -0.3 is 14.5 Å². The summed E-state index contributed by atoms with van der Waals surface area (Å²) in [5.74, 6) is -0.728. The Morgan fingerprint density at radius 1 is 1.19 bits per heavy atom. The second kappa shape index (κ2) is 9.51. The Morgan fingerprint density at radius 3 is 2.52 bits per heavy atom. The lowest BCUT2D eigenvalue weighted by Crippen LogP contribution is -2.55. The molecule has 0 saturated carbocycles. The second-order valence-electron chi connectivity index (χ2n) is 7.42. The molecule has 0 radical (unpaired) electrons. The van der Waals surface area contributed by atoms with E-state index in [2.05, 4.69) is 16.5 Å². The molecule has 8 heteroatoms. The fourth-order valence-corrected chi connectivity index (χ4v) is 3.65. The minimum absolute atomic E-state index is 0.00360. The molecular weight excluding hydrogens is 396 g/mol. The third kappa shape index (κ3) is 4.79. The minimum Gasteiger partial charge on any atom is -0.458 e. The van der Waals surface area contributed by atoms with Crippen LogP contribution >= 0.6 is 0 Å². The van der Waals surface area contributed by atoms with Crippen molar-refractivity contribution in [3.63, 3.8) is 0 Å². The topological polar surface area (TPSA) is 92.7 Å². The van der Waals surface area contributed by atoms with Gasteiger partial charge in [0.05, 0.1) is 5.69 Å². The highest BCUT2D eigenvalue weighted by Gasteiger charge is 2.33. The summed E-state index contributed by atoms with van der Waals surface area (Å²) in [6.07, 6.45) is 1.45.